The van der Waals surface area contributed by atoms with Crippen LogP contribution in [0.5, 0.6) is 0 Å². The van der Waals surface area contributed by atoms with E-state index in [9.17, 15) is 4.79 Å². The number of hydrogen-bond acceptors (Lipinski definition) is 3. The average Bonchev–Trinajstić information content (AvgIpc) is 2.37. The third kappa shape index (κ3) is 2.61. The zero-order valence-electron chi connectivity index (χ0n) is 11.1. The van der Waals surface area contributed by atoms with E-state index in [0.29, 0.717) is 10.7 Å². The lowest BCUT2D eigenvalue weighted by atomic mass is 9.92. The molecule has 0 saturated carbocycles. The van der Waals surface area contributed by atoms with Crippen molar-refractivity contribution in [3.05, 3.63) is 46.7 Å². The third-order valence-corrected chi connectivity index (χ3v) is 3.39. The van der Waals surface area contributed by atoms with Crippen LogP contribution < -0.4 is 10.6 Å². The van der Waals surface area contributed by atoms with Gasteiger partial charge in [-0.05, 0) is 37.2 Å². The molecule has 1 unspecified atom stereocenters. The van der Waals surface area contributed by atoms with Crippen molar-refractivity contribution in [1.29, 1.82) is 0 Å². The van der Waals surface area contributed by atoms with E-state index in [1.807, 2.05) is 38.1 Å². The van der Waals surface area contributed by atoms with Crippen LogP contribution in [-0.2, 0) is 9.53 Å². The van der Waals surface area contributed by atoms with Crippen LogP contribution in [-0.4, -0.2) is 18.2 Å². The number of aryl methyl sites for hydroxylation is 1. The molecular formula is C14H16N2O2S. The van der Waals surface area contributed by atoms with Crippen molar-refractivity contribution in [2.24, 2.45) is 0 Å². The second kappa shape index (κ2) is 5.40. The van der Waals surface area contributed by atoms with Gasteiger partial charge < -0.3 is 15.4 Å². The predicted molar refractivity (Wildman–Crippen MR) is 77.5 cm³/mol. The summed E-state index contributed by atoms with van der Waals surface area (Å²) < 4.78 is 4.87. The Balaban J connectivity index is 2.53. The monoisotopic (exact) mass is 276 g/mol. The maximum Gasteiger partial charge on any atom is 0.337 e. The van der Waals surface area contributed by atoms with Crippen molar-refractivity contribution in [2.75, 3.05) is 7.11 Å². The standard InChI is InChI=1S/C14H16N2O2S/c1-8-6-4-5-7-10(8)12-11(13(17)18-3)9(2)15-14(19)16-12/h4-7,12H,1-3H3,(H2,15,16,19). The van der Waals surface area contributed by atoms with E-state index in [-0.39, 0.29) is 12.0 Å². The lowest BCUT2D eigenvalue weighted by molar-refractivity contribution is -0.136. The summed E-state index contributed by atoms with van der Waals surface area (Å²) in [6.07, 6.45) is 0. The number of esters is 1. The summed E-state index contributed by atoms with van der Waals surface area (Å²) in [5.41, 5.74) is 3.40. The average molecular weight is 276 g/mol. The first-order chi connectivity index (χ1) is 9.04. The molecule has 5 heteroatoms. The van der Waals surface area contributed by atoms with Crippen molar-refractivity contribution in [2.45, 2.75) is 19.9 Å². The summed E-state index contributed by atoms with van der Waals surface area (Å²) in [4.78, 5) is 12.0. The molecule has 4 nitrogen and oxygen atoms in total. The molecule has 0 aromatic heterocycles. The van der Waals surface area contributed by atoms with Crippen LogP contribution in [0.3, 0.4) is 0 Å². The van der Waals surface area contributed by atoms with Gasteiger partial charge in [0.1, 0.15) is 0 Å². The Bertz CT molecular complexity index is 566. The summed E-state index contributed by atoms with van der Waals surface area (Å²) in [7, 11) is 1.38. The largest absolute Gasteiger partial charge is 0.466 e. The van der Waals surface area contributed by atoms with Crippen molar-refractivity contribution >= 4 is 23.3 Å². The second-order valence-corrected chi connectivity index (χ2v) is 4.83. The van der Waals surface area contributed by atoms with Crippen LogP contribution in [0, 0.1) is 6.92 Å². The maximum absolute atomic E-state index is 12.0. The highest BCUT2D eigenvalue weighted by Crippen LogP contribution is 2.29. The number of carbonyl (C=O) groups is 1. The van der Waals surface area contributed by atoms with Crippen LogP contribution in [0.25, 0.3) is 0 Å². The van der Waals surface area contributed by atoms with E-state index in [0.717, 1.165) is 16.8 Å². The number of nitrogens with one attached hydrogen (secondary N) is 2. The Labute approximate surface area is 117 Å². The molecule has 1 atom stereocenters. The molecule has 19 heavy (non-hydrogen) atoms. The van der Waals surface area contributed by atoms with Crippen molar-refractivity contribution in [1.82, 2.24) is 10.6 Å². The summed E-state index contributed by atoms with van der Waals surface area (Å²) in [6, 6.07) is 7.62. The van der Waals surface area contributed by atoms with Gasteiger partial charge in [-0.25, -0.2) is 4.79 Å². The smallest absolute Gasteiger partial charge is 0.337 e. The van der Waals surface area contributed by atoms with Gasteiger partial charge in [0.05, 0.1) is 18.7 Å². The van der Waals surface area contributed by atoms with E-state index in [1.54, 1.807) is 0 Å². The highest BCUT2D eigenvalue weighted by molar-refractivity contribution is 7.80. The number of rotatable bonds is 2. The van der Waals surface area contributed by atoms with Gasteiger partial charge in [-0.2, -0.15) is 0 Å². The van der Waals surface area contributed by atoms with Crippen LogP contribution in [0.15, 0.2) is 35.5 Å². The second-order valence-electron chi connectivity index (χ2n) is 4.42. The molecule has 0 bridgehead atoms. The summed E-state index contributed by atoms with van der Waals surface area (Å²) in [5, 5.41) is 6.61. The molecule has 0 aliphatic carbocycles. The van der Waals surface area contributed by atoms with Crippen LogP contribution in [0.1, 0.15) is 24.1 Å². The lowest BCUT2D eigenvalue weighted by Gasteiger charge is -2.30. The van der Waals surface area contributed by atoms with Gasteiger partial charge in [0.2, 0.25) is 0 Å². The van der Waals surface area contributed by atoms with E-state index >= 15 is 0 Å². The number of methoxy groups -OCH3 is 1. The summed E-state index contributed by atoms with van der Waals surface area (Å²) in [5.74, 6) is -0.353. The molecule has 1 aromatic carbocycles. The third-order valence-electron chi connectivity index (χ3n) is 3.17. The molecule has 0 amide bonds. The molecule has 1 aromatic rings. The lowest BCUT2D eigenvalue weighted by Crippen LogP contribution is -2.45. The SMILES string of the molecule is COC(=O)C1=C(C)NC(=S)NC1c1ccccc1C. The number of ether oxygens (including phenoxy) is 1. The minimum absolute atomic E-state index is 0.276. The molecule has 0 spiro atoms. The summed E-state index contributed by atoms with van der Waals surface area (Å²) in [6.45, 7) is 3.83. The number of thiocarbonyl (C=S) groups is 1. The molecule has 1 aliphatic rings. The van der Waals surface area contributed by atoms with Crippen molar-refractivity contribution < 1.29 is 9.53 Å². The molecule has 100 valence electrons. The van der Waals surface area contributed by atoms with Crippen LogP contribution in [0.4, 0.5) is 0 Å². The fourth-order valence-corrected chi connectivity index (χ4v) is 2.49. The zero-order valence-corrected chi connectivity index (χ0v) is 11.9. The molecule has 0 saturated heterocycles. The highest BCUT2D eigenvalue weighted by atomic mass is 32.1. The Kier molecular flexibility index (Phi) is 3.85. The highest BCUT2D eigenvalue weighted by Gasteiger charge is 2.31. The Morgan fingerprint density at radius 1 is 1.32 bits per heavy atom. The minimum Gasteiger partial charge on any atom is -0.466 e. The Morgan fingerprint density at radius 2 is 2.00 bits per heavy atom. The molecular weight excluding hydrogens is 260 g/mol. The first kappa shape index (κ1) is 13.5. The van der Waals surface area contributed by atoms with E-state index in [4.69, 9.17) is 17.0 Å². The molecule has 2 rings (SSSR count). The Hall–Kier alpha value is -1.88. The normalized spacial score (nSPS) is 18.7. The number of carbonyl (C=O) groups excluding carboxylic acids is 1. The topological polar surface area (TPSA) is 50.4 Å². The first-order valence-electron chi connectivity index (χ1n) is 5.96. The van der Waals surface area contributed by atoms with Gasteiger partial charge in [-0.15, -0.1) is 0 Å². The first-order valence-corrected chi connectivity index (χ1v) is 6.37. The van der Waals surface area contributed by atoms with Gasteiger partial charge in [0.15, 0.2) is 5.11 Å². The fourth-order valence-electron chi connectivity index (χ4n) is 2.22. The Morgan fingerprint density at radius 3 is 2.63 bits per heavy atom. The van der Waals surface area contributed by atoms with Gasteiger partial charge in [-0.1, -0.05) is 24.3 Å². The number of allylic oxidation sites excluding steroid dienone is 1. The minimum atomic E-state index is -0.353. The van der Waals surface area contributed by atoms with Gasteiger partial charge in [0, 0.05) is 5.70 Å². The zero-order chi connectivity index (χ0) is 14.0. The van der Waals surface area contributed by atoms with Gasteiger partial charge in [0.25, 0.3) is 0 Å². The maximum atomic E-state index is 12.0. The van der Waals surface area contributed by atoms with Gasteiger partial charge >= 0.3 is 5.97 Å². The van der Waals surface area contributed by atoms with E-state index in [2.05, 4.69) is 10.6 Å². The molecule has 0 fully saturated rings. The molecule has 1 heterocycles. The van der Waals surface area contributed by atoms with Crippen LogP contribution >= 0.6 is 12.2 Å². The number of hydrogen-bond donors (Lipinski definition) is 2. The molecule has 0 radical (unpaired) electrons. The molecule has 1 aliphatic heterocycles. The predicted octanol–water partition coefficient (Wildman–Crippen LogP) is 1.96. The van der Waals surface area contributed by atoms with Crippen molar-refractivity contribution in [3.63, 3.8) is 0 Å². The van der Waals surface area contributed by atoms with Gasteiger partial charge in [-0.3, -0.25) is 0 Å². The van der Waals surface area contributed by atoms with Crippen LogP contribution in [0.2, 0.25) is 0 Å². The summed E-state index contributed by atoms with van der Waals surface area (Å²) >= 11 is 5.17. The fraction of sp³-hybridized carbons (Fsp3) is 0.286. The number of benzene rings is 1. The van der Waals surface area contributed by atoms with E-state index in [1.165, 1.54) is 7.11 Å². The van der Waals surface area contributed by atoms with E-state index < -0.39 is 0 Å². The van der Waals surface area contributed by atoms with Crippen molar-refractivity contribution in [3.8, 4) is 0 Å². The quantitative estimate of drug-likeness (QED) is 0.639. The molecule has 2 N–H and O–H groups in total.